The van der Waals surface area contributed by atoms with Gasteiger partial charge in [-0.2, -0.15) is 0 Å². The summed E-state index contributed by atoms with van der Waals surface area (Å²) >= 11 is 0. The molecule has 3 aromatic carbocycles. The number of hydrogen-bond acceptors (Lipinski definition) is 9. The highest BCUT2D eigenvalue weighted by molar-refractivity contribution is 7.90. The van der Waals surface area contributed by atoms with Crippen LogP contribution in [0.1, 0.15) is 32.4 Å². The molecule has 11 heteroatoms. The molecule has 1 amide bonds. The number of hydrazine groups is 1. The number of methoxy groups -OCH3 is 1. The highest BCUT2D eigenvalue weighted by atomic mass is 32.2. The van der Waals surface area contributed by atoms with E-state index in [1.54, 1.807) is 42.7 Å². The van der Waals surface area contributed by atoms with Gasteiger partial charge < -0.3 is 14.2 Å². The molecule has 0 spiro atoms. The van der Waals surface area contributed by atoms with E-state index in [0.29, 0.717) is 35.1 Å². The van der Waals surface area contributed by atoms with Crippen LogP contribution in [-0.2, 0) is 14.8 Å². The largest absolute Gasteiger partial charge is 0.497 e. The number of anilines is 1. The quantitative estimate of drug-likeness (QED) is 0.201. The van der Waals surface area contributed by atoms with Gasteiger partial charge in [-0.05, 0) is 86.3 Å². The molecule has 1 atom stereocenters. The third-order valence-electron chi connectivity index (χ3n) is 6.00. The van der Waals surface area contributed by atoms with Gasteiger partial charge in [0.25, 0.3) is 15.9 Å². The number of hydrogen-bond donors (Lipinski definition) is 2. The molecule has 10 nitrogen and oxygen atoms in total. The maximum absolute atomic E-state index is 13.7. The lowest BCUT2D eigenvalue weighted by molar-refractivity contribution is -0.120. The summed E-state index contributed by atoms with van der Waals surface area (Å²) in [6, 6.07) is 16.6. The van der Waals surface area contributed by atoms with Crippen LogP contribution in [0.25, 0.3) is 10.8 Å². The maximum atomic E-state index is 13.7. The average molecular weight is 565 g/mol. The van der Waals surface area contributed by atoms with Gasteiger partial charge in [0.05, 0.1) is 30.4 Å². The van der Waals surface area contributed by atoms with E-state index in [1.165, 1.54) is 36.4 Å². The van der Waals surface area contributed by atoms with E-state index in [9.17, 15) is 13.2 Å². The van der Waals surface area contributed by atoms with Crippen LogP contribution in [-0.4, -0.2) is 39.1 Å². The van der Waals surface area contributed by atoms with Gasteiger partial charge in [-0.1, -0.05) is 12.1 Å². The molecular weight excluding hydrogens is 532 g/mol. The Morgan fingerprint density at radius 1 is 1.00 bits per heavy atom. The molecule has 0 radical (unpaired) electrons. The molecule has 0 aliphatic carbocycles. The zero-order valence-electron chi connectivity index (χ0n) is 22.7. The first-order valence-corrected chi connectivity index (χ1v) is 14.1. The van der Waals surface area contributed by atoms with Crippen molar-refractivity contribution in [2.45, 2.75) is 37.8 Å². The van der Waals surface area contributed by atoms with Gasteiger partial charge in [-0.25, -0.2) is 19.0 Å². The zero-order valence-corrected chi connectivity index (χ0v) is 23.5. The van der Waals surface area contributed by atoms with Gasteiger partial charge in [-0.15, -0.1) is 0 Å². The Kier molecular flexibility index (Phi) is 8.76. The molecule has 0 saturated heterocycles. The van der Waals surface area contributed by atoms with Gasteiger partial charge in [0.2, 0.25) is 0 Å². The molecule has 1 aromatic heterocycles. The van der Waals surface area contributed by atoms with Crippen molar-refractivity contribution in [3.8, 4) is 17.2 Å². The monoisotopic (exact) mass is 564 g/mol. The molecule has 0 saturated carbocycles. The van der Waals surface area contributed by atoms with Crippen LogP contribution in [0.5, 0.6) is 17.2 Å². The Labute approximate surface area is 233 Å². The summed E-state index contributed by atoms with van der Waals surface area (Å²) in [5.74, 6) is 7.10. The van der Waals surface area contributed by atoms with Crippen molar-refractivity contribution < 1.29 is 27.4 Å². The number of carbonyl (C=O) groups excluding carboxylic acids is 1. The predicted molar refractivity (Wildman–Crippen MR) is 153 cm³/mol. The number of sulfonamides is 1. The Balaban J connectivity index is 1.76. The van der Waals surface area contributed by atoms with Crippen LogP contribution in [0, 0.1) is 0 Å². The van der Waals surface area contributed by atoms with Crippen LogP contribution in [0.15, 0.2) is 84.0 Å². The lowest BCUT2D eigenvalue weighted by Crippen LogP contribution is -2.46. The molecule has 0 aliphatic heterocycles. The van der Waals surface area contributed by atoms with Gasteiger partial charge in [0.15, 0.2) is 11.5 Å². The summed E-state index contributed by atoms with van der Waals surface area (Å²) in [4.78, 5) is 17.8. The summed E-state index contributed by atoms with van der Waals surface area (Å²) in [5.41, 5.74) is 0.889. The molecule has 0 fully saturated rings. The van der Waals surface area contributed by atoms with Gasteiger partial charge in [0.1, 0.15) is 11.8 Å². The van der Waals surface area contributed by atoms with Crippen molar-refractivity contribution in [3.63, 3.8) is 0 Å². The number of nitrogens with one attached hydrogen (secondary N) is 1. The van der Waals surface area contributed by atoms with E-state index in [4.69, 9.17) is 20.1 Å². The van der Waals surface area contributed by atoms with E-state index in [0.717, 1.165) is 10.8 Å². The summed E-state index contributed by atoms with van der Waals surface area (Å²) in [6.07, 6.45) is 3.25. The summed E-state index contributed by atoms with van der Waals surface area (Å²) < 4.78 is 45.3. The zero-order chi connectivity index (χ0) is 28.9. The number of carbonyl (C=O) groups is 1. The minimum Gasteiger partial charge on any atom is -0.497 e. The van der Waals surface area contributed by atoms with E-state index < -0.39 is 22.0 Å². The lowest BCUT2D eigenvalue weighted by atomic mass is 10.0. The average Bonchev–Trinajstić information content (AvgIpc) is 2.93. The molecule has 4 rings (SSSR count). The second kappa shape index (κ2) is 12.2. The third kappa shape index (κ3) is 6.44. The summed E-state index contributed by atoms with van der Waals surface area (Å²) in [6.45, 7) is 5.96. The van der Waals surface area contributed by atoms with Crippen molar-refractivity contribution in [1.29, 1.82) is 0 Å². The smallest absolute Gasteiger partial charge is 0.264 e. The van der Waals surface area contributed by atoms with E-state index in [2.05, 4.69) is 9.71 Å². The fraction of sp³-hybridized carbons (Fsp3) is 0.241. The van der Waals surface area contributed by atoms with Crippen LogP contribution in [0.4, 0.5) is 5.69 Å². The number of benzene rings is 3. The predicted octanol–water partition coefficient (Wildman–Crippen LogP) is 4.36. The van der Waals surface area contributed by atoms with Gasteiger partial charge in [0, 0.05) is 17.8 Å². The highest BCUT2D eigenvalue weighted by Gasteiger charge is 2.31. The first-order chi connectivity index (χ1) is 19.1. The van der Waals surface area contributed by atoms with Crippen LogP contribution >= 0.6 is 0 Å². The number of nitrogens with zero attached hydrogens (tertiary/aromatic N) is 2. The van der Waals surface area contributed by atoms with Crippen molar-refractivity contribution in [1.82, 2.24) is 9.71 Å². The molecule has 4 aromatic rings. The van der Waals surface area contributed by atoms with Crippen LogP contribution in [0.3, 0.4) is 0 Å². The molecule has 0 bridgehead atoms. The third-order valence-corrected chi connectivity index (χ3v) is 7.36. The number of ether oxygens (including phenoxy) is 3. The van der Waals surface area contributed by atoms with Gasteiger partial charge in [-0.3, -0.25) is 14.8 Å². The summed E-state index contributed by atoms with van der Waals surface area (Å²) in [5, 5.41) is 2.97. The first kappa shape index (κ1) is 28.7. The molecule has 3 N–H and O–H groups in total. The summed E-state index contributed by atoms with van der Waals surface area (Å²) in [7, 11) is -2.76. The van der Waals surface area contributed by atoms with Crippen molar-refractivity contribution in [2.75, 3.05) is 18.7 Å². The number of amides is 1. The molecule has 210 valence electrons. The number of nitrogens with two attached hydrogens (primary N) is 1. The second-order valence-corrected chi connectivity index (χ2v) is 10.9. The molecule has 40 heavy (non-hydrogen) atoms. The van der Waals surface area contributed by atoms with E-state index in [-0.39, 0.29) is 11.0 Å². The second-order valence-electron chi connectivity index (χ2n) is 9.17. The van der Waals surface area contributed by atoms with Crippen molar-refractivity contribution in [3.05, 3.63) is 84.7 Å². The molecule has 0 aliphatic rings. The maximum Gasteiger partial charge on any atom is 0.264 e. The minimum absolute atomic E-state index is 0.0992. The fourth-order valence-corrected chi connectivity index (χ4v) is 5.12. The van der Waals surface area contributed by atoms with Gasteiger partial charge >= 0.3 is 0 Å². The minimum atomic E-state index is -4.23. The Morgan fingerprint density at radius 2 is 1.75 bits per heavy atom. The lowest BCUT2D eigenvalue weighted by Gasteiger charge is -2.29. The van der Waals surface area contributed by atoms with Crippen molar-refractivity contribution >= 4 is 32.4 Å². The van der Waals surface area contributed by atoms with Crippen molar-refractivity contribution in [2.24, 2.45) is 5.84 Å². The van der Waals surface area contributed by atoms with E-state index in [1.807, 2.05) is 32.9 Å². The first-order valence-electron chi connectivity index (χ1n) is 12.6. The number of pyridine rings is 1. The number of rotatable bonds is 11. The fourth-order valence-electron chi connectivity index (χ4n) is 4.14. The SMILES string of the molecule is CCOc1cc(C(C(=O)NS(=O)(=O)c2ccc(OC)cc2)N(N)c2ccc3cnccc3c2)ccc1OC(C)C. The van der Waals surface area contributed by atoms with E-state index >= 15 is 0 Å². The molecule has 1 unspecified atom stereocenters. The van der Waals surface area contributed by atoms with Crippen LogP contribution < -0.4 is 29.8 Å². The number of fused-ring (bicyclic) bond motifs is 1. The topological polar surface area (TPSA) is 133 Å². The Hall–Kier alpha value is -4.35. The molecule has 1 heterocycles. The standard InChI is InChI=1S/C29H32N4O6S/c1-5-38-27-17-21(7-13-26(27)39-19(2)3)28(33(30)23-8-6-22-18-31-15-14-20(22)16-23)29(34)32-40(35,36)25-11-9-24(37-4)10-12-25/h6-19,28H,5,30H2,1-4H3,(H,32,34). The highest BCUT2D eigenvalue weighted by Crippen LogP contribution is 2.35. The molecular formula is C29H32N4O6S. The normalized spacial score (nSPS) is 12.2. The van der Waals surface area contributed by atoms with Crippen LogP contribution in [0.2, 0.25) is 0 Å². The number of aromatic nitrogens is 1. The Morgan fingerprint density at radius 3 is 2.42 bits per heavy atom. The Bertz CT molecular complexity index is 1590.